The van der Waals surface area contributed by atoms with Crippen LogP contribution in [0.4, 0.5) is 0 Å². The SMILES string of the molecule is CC(=O)SCCC=CC(CC(=O)OCC[Si](C)(C)C)OC(=O)C(C)C. The van der Waals surface area contributed by atoms with Crippen LogP contribution in [0.3, 0.4) is 0 Å². The maximum absolute atomic E-state index is 12.0. The van der Waals surface area contributed by atoms with E-state index in [2.05, 4.69) is 19.6 Å². The summed E-state index contributed by atoms with van der Waals surface area (Å²) < 4.78 is 10.6. The molecule has 0 saturated carbocycles. The number of esters is 2. The molecule has 0 heterocycles. The third-order valence-electron chi connectivity index (χ3n) is 3.16. The summed E-state index contributed by atoms with van der Waals surface area (Å²) in [6, 6.07) is 0.910. The zero-order chi connectivity index (χ0) is 19.5. The van der Waals surface area contributed by atoms with Crippen LogP contribution in [0.25, 0.3) is 0 Å². The number of hydrogen-bond acceptors (Lipinski definition) is 6. The molecule has 0 aliphatic carbocycles. The number of allylic oxidation sites excluding steroid dienone is 1. The molecule has 1 unspecified atom stereocenters. The van der Waals surface area contributed by atoms with Gasteiger partial charge in [0.05, 0.1) is 18.9 Å². The summed E-state index contributed by atoms with van der Waals surface area (Å²) in [6.07, 6.45) is 3.60. The van der Waals surface area contributed by atoms with Crippen molar-refractivity contribution in [3.8, 4) is 0 Å². The van der Waals surface area contributed by atoms with E-state index in [1.807, 2.05) is 6.08 Å². The molecule has 0 spiro atoms. The van der Waals surface area contributed by atoms with E-state index in [9.17, 15) is 14.4 Å². The van der Waals surface area contributed by atoms with E-state index in [0.717, 1.165) is 6.04 Å². The Morgan fingerprint density at radius 1 is 1.16 bits per heavy atom. The number of thioether (sulfide) groups is 1. The standard InChI is InChI=1S/C18H32O5SSi/c1-14(2)18(21)23-16(9-7-8-11-24-15(3)19)13-17(20)22-10-12-25(4,5)6/h7,9,14,16H,8,10-13H2,1-6H3. The normalized spacial score (nSPS) is 13.1. The van der Waals surface area contributed by atoms with E-state index in [-0.39, 0.29) is 29.4 Å². The highest BCUT2D eigenvalue weighted by Gasteiger charge is 2.20. The van der Waals surface area contributed by atoms with Gasteiger partial charge in [-0.25, -0.2) is 0 Å². The minimum atomic E-state index is -1.25. The average molecular weight is 389 g/mol. The zero-order valence-electron chi connectivity index (χ0n) is 16.3. The monoisotopic (exact) mass is 388 g/mol. The summed E-state index contributed by atoms with van der Waals surface area (Å²) in [5.74, 6) is -0.297. The van der Waals surface area contributed by atoms with E-state index in [1.54, 1.807) is 19.9 Å². The molecular weight excluding hydrogens is 356 g/mol. The maximum Gasteiger partial charge on any atom is 0.309 e. The Hall–Kier alpha value is -1.08. The Labute approximate surface area is 156 Å². The summed E-state index contributed by atoms with van der Waals surface area (Å²) in [7, 11) is -1.25. The van der Waals surface area contributed by atoms with Gasteiger partial charge >= 0.3 is 11.9 Å². The van der Waals surface area contributed by atoms with Gasteiger partial charge in [-0.3, -0.25) is 14.4 Å². The van der Waals surface area contributed by atoms with Gasteiger partial charge in [0.25, 0.3) is 0 Å². The van der Waals surface area contributed by atoms with Crippen LogP contribution in [0.1, 0.15) is 33.6 Å². The Bertz CT molecular complexity index is 469. The Kier molecular flexibility index (Phi) is 11.8. The summed E-state index contributed by atoms with van der Waals surface area (Å²) in [5.41, 5.74) is 0. The Morgan fingerprint density at radius 2 is 1.80 bits per heavy atom. The highest BCUT2D eigenvalue weighted by molar-refractivity contribution is 8.13. The first-order valence-electron chi connectivity index (χ1n) is 8.67. The van der Waals surface area contributed by atoms with Crippen LogP contribution in [-0.2, 0) is 23.9 Å². The molecule has 0 aliphatic heterocycles. The van der Waals surface area contributed by atoms with Crippen molar-refractivity contribution in [2.24, 2.45) is 5.92 Å². The predicted octanol–water partition coefficient (Wildman–Crippen LogP) is 4.05. The lowest BCUT2D eigenvalue weighted by atomic mass is 10.2. The van der Waals surface area contributed by atoms with Gasteiger partial charge in [-0.15, -0.1) is 0 Å². The van der Waals surface area contributed by atoms with Gasteiger partial charge in [-0.1, -0.05) is 51.3 Å². The van der Waals surface area contributed by atoms with Crippen molar-refractivity contribution in [2.75, 3.05) is 12.4 Å². The van der Waals surface area contributed by atoms with Crippen molar-refractivity contribution in [1.29, 1.82) is 0 Å². The van der Waals surface area contributed by atoms with E-state index < -0.39 is 14.2 Å². The van der Waals surface area contributed by atoms with Crippen LogP contribution >= 0.6 is 11.8 Å². The van der Waals surface area contributed by atoms with Gasteiger partial charge in [0.2, 0.25) is 0 Å². The third kappa shape index (κ3) is 14.9. The summed E-state index contributed by atoms with van der Waals surface area (Å²) in [5, 5.41) is 0.0714. The molecule has 0 rings (SSSR count). The second-order valence-electron chi connectivity index (χ2n) is 7.42. The molecule has 0 N–H and O–H groups in total. The fourth-order valence-corrected chi connectivity index (χ4v) is 2.90. The van der Waals surface area contributed by atoms with Crippen molar-refractivity contribution in [3.63, 3.8) is 0 Å². The lowest BCUT2D eigenvalue weighted by molar-refractivity contribution is -0.155. The molecule has 0 fully saturated rings. The minimum Gasteiger partial charge on any atom is -0.466 e. The van der Waals surface area contributed by atoms with Crippen LogP contribution < -0.4 is 0 Å². The van der Waals surface area contributed by atoms with Crippen LogP contribution in [0.5, 0.6) is 0 Å². The van der Waals surface area contributed by atoms with Crippen LogP contribution in [-0.4, -0.2) is 43.6 Å². The van der Waals surface area contributed by atoms with Gasteiger partial charge in [0.1, 0.15) is 6.10 Å². The molecule has 0 bridgehead atoms. The molecule has 0 aromatic heterocycles. The largest absolute Gasteiger partial charge is 0.466 e. The highest BCUT2D eigenvalue weighted by atomic mass is 32.2. The third-order valence-corrected chi connectivity index (χ3v) is 5.71. The number of carbonyl (C=O) groups excluding carboxylic acids is 3. The number of hydrogen-bond donors (Lipinski definition) is 0. The Balaban J connectivity index is 4.51. The van der Waals surface area contributed by atoms with Crippen molar-refractivity contribution >= 4 is 36.9 Å². The van der Waals surface area contributed by atoms with E-state index in [1.165, 1.54) is 18.7 Å². The molecule has 5 nitrogen and oxygen atoms in total. The van der Waals surface area contributed by atoms with E-state index in [4.69, 9.17) is 9.47 Å². The van der Waals surface area contributed by atoms with Crippen molar-refractivity contribution in [3.05, 3.63) is 12.2 Å². The lowest BCUT2D eigenvalue weighted by Crippen LogP contribution is -2.26. The minimum absolute atomic E-state index is 0.0144. The molecular formula is C18H32O5SSi. The van der Waals surface area contributed by atoms with E-state index >= 15 is 0 Å². The van der Waals surface area contributed by atoms with E-state index in [0.29, 0.717) is 18.8 Å². The highest BCUT2D eigenvalue weighted by Crippen LogP contribution is 2.11. The molecule has 7 heteroatoms. The Morgan fingerprint density at radius 3 is 2.32 bits per heavy atom. The predicted molar refractivity (Wildman–Crippen MR) is 105 cm³/mol. The lowest BCUT2D eigenvalue weighted by Gasteiger charge is -2.17. The summed E-state index contributed by atoms with van der Waals surface area (Å²) in [4.78, 5) is 34.7. The molecule has 0 radical (unpaired) electrons. The number of rotatable bonds is 11. The van der Waals surface area contributed by atoms with Crippen LogP contribution in [0, 0.1) is 5.92 Å². The average Bonchev–Trinajstić information content (AvgIpc) is 2.44. The van der Waals surface area contributed by atoms with Gasteiger partial charge in [-0.2, -0.15) is 0 Å². The summed E-state index contributed by atoms with van der Waals surface area (Å²) in [6.45, 7) is 12.1. The van der Waals surface area contributed by atoms with Crippen LogP contribution in [0.2, 0.25) is 25.7 Å². The maximum atomic E-state index is 12.0. The summed E-state index contributed by atoms with van der Waals surface area (Å²) >= 11 is 1.24. The second-order valence-corrected chi connectivity index (χ2v) is 14.3. The molecule has 1 atom stereocenters. The van der Waals surface area contributed by atoms with Crippen molar-refractivity contribution in [1.82, 2.24) is 0 Å². The van der Waals surface area contributed by atoms with Gasteiger partial charge < -0.3 is 9.47 Å². The number of ether oxygens (including phenoxy) is 2. The van der Waals surface area contributed by atoms with Crippen molar-refractivity contribution < 1.29 is 23.9 Å². The molecule has 0 saturated heterocycles. The van der Waals surface area contributed by atoms with Gasteiger partial charge in [0.15, 0.2) is 5.12 Å². The topological polar surface area (TPSA) is 69.7 Å². The molecule has 0 aromatic rings. The van der Waals surface area contributed by atoms with Gasteiger partial charge in [0, 0.05) is 20.8 Å². The first-order chi connectivity index (χ1) is 11.5. The molecule has 0 amide bonds. The molecule has 144 valence electrons. The fraction of sp³-hybridized carbons (Fsp3) is 0.722. The first kappa shape index (κ1) is 23.9. The first-order valence-corrected chi connectivity index (χ1v) is 13.4. The van der Waals surface area contributed by atoms with Crippen molar-refractivity contribution in [2.45, 2.75) is 65.4 Å². The number of carbonyl (C=O) groups is 3. The second kappa shape index (κ2) is 12.3. The molecule has 25 heavy (non-hydrogen) atoms. The molecule has 0 aliphatic rings. The molecule has 0 aromatic carbocycles. The zero-order valence-corrected chi connectivity index (χ0v) is 18.1. The fourth-order valence-electron chi connectivity index (χ4n) is 1.65. The van der Waals surface area contributed by atoms with Gasteiger partial charge in [-0.05, 0) is 18.5 Å². The quantitative estimate of drug-likeness (QED) is 0.230. The van der Waals surface area contributed by atoms with Crippen LogP contribution in [0.15, 0.2) is 12.2 Å². The smallest absolute Gasteiger partial charge is 0.309 e.